The maximum atomic E-state index is 6.38. The van der Waals surface area contributed by atoms with Crippen LogP contribution in [0.1, 0.15) is 58.6 Å². The highest BCUT2D eigenvalue weighted by Gasteiger charge is 2.33. The number of hydrogen-bond donors (Lipinski definition) is 1. The quantitative estimate of drug-likeness (QED) is 0.869. The van der Waals surface area contributed by atoms with Crippen LogP contribution < -0.4 is 10.1 Å². The molecular formula is C18H29NO. The van der Waals surface area contributed by atoms with Gasteiger partial charge in [0.05, 0.1) is 6.10 Å². The summed E-state index contributed by atoms with van der Waals surface area (Å²) in [4.78, 5) is 0. The van der Waals surface area contributed by atoms with E-state index in [1.807, 2.05) is 7.05 Å². The van der Waals surface area contributed by atoms with Gasteiger partial charge in [-0.15, -0.1) is 0 Å². The van der Waals surface area contributed by atoms with Gasteiger partial charge in [-0.2, -0.15) is 0 Å². The Kier molecular flexibility index (Phi) is 4.74. The topological polar surface area (TPSA) is 21.3 Å². The second kappa shape index (κ2) is 6.17. The van der Waals surface area contributed by atoms with E-state index in [2.05, 4.69) is 57.3 Å². The molecule has 3 unspecified atom stereocenters. The Labute approximate surface area is 123 Å². The molecule has 1 saturated carbocycles. The third-order valence-electron chi connectivity index (χ3n) is 4.46. The molecule has 1 aromatic carbocycles. The molecule has 0 heterocycles. The van der Waals surface area contributed by atoms with E-state index in [1.165, 1.54) is 18.4 Å². The zero-order valence-electron chi connectivity index (χ0n) is 13.6. The Morgan fingerprint density at radius 1 is 1.25 bits per heavy atom. The lowest BCUT2D eigenvalue weighted by Crippen LogP contribution is -2.34. The summed E-state index contributed by atoms with van der Waals surface area (Å²) in [7, 11) is 1.99. The molecule has 0 spiro atoms. The minimum absolute atomic E-state index is 0.320. The summed E-state index contributed by atoms with van der Waals surface area (Å²) in [6.45, 7) is 9.25. The van der Waals surface area contributed by atoms with Crippen molar-refractivity contribution in [1.29, 1.82) is 0 Å². The van der Waals surface area contributed by atoms with E-state index in [1.54, 1.807) is 0 Å². The van der Waals surface area contributed by atoms with Crippen LogP contribution >= 0.6 is 0 Å². The Morgan fingerprint density at radius 3 is 2.60 bits per heavy atom. The Balaban J connectivity index is 2.13. The predicted molar refractivity (Wildman–Crippen MR) is 85.1 cm³/mol. The lowest BCUT2D eigenvalue weighted by molar-refractivity contribution is 0.0553. The summed E-state index contributed by atoms with van der Waals surface area (Å²) in [5.74, 6) is 1.79. The molecule has 0 aliphatic heterocycles. The summed E-state index contributed by atoms with van der Waals surface area (Å²) in [5, 5.41) is 3.30. The van der Waals surface area contributed by atoms with Gasteiger partial charge in [-0.3, -0.25) is 0 Å². The van der Waals surface area contributed by atoms with E-state index in [0.717, 1.165) is 18.1 Å². The fourth-order valence-corrected chi connectivity index (χ4v) is 3.63. The van der Waals surface area contributed by atoms with Crippen molar-refractivity contribution in [1.82, 2.24) is 5.32 Å². The van der Waals surface area contributed by atoms with Gasteiger partial charge >= 0.3 is 0 Å². The number of benzene rings is 1. The smallest absolute Gasteiger partial charge is 0.124 e. The van der Waals surface area contributed by atoms with E-state index in [9.17, 15) is 0 Å². The standard InChI is InChI=1S/C18H29NO/c1-13-10-15(12-18(3,4)11-13)20-17-9-7-6-8-16(17)14(2)19-5/h6-9,13-15,19H,10-12H2,1-5H3. The largest absolute Gasteiger partial charge is 0.490 e. The van der Waals surface area contributed by atoms with Crippen LogP contribution in [0, 0.1) is 11.3 Å². The van der Waals surface area contributed by atoms with Gasteiger partial charge in [-0.05, 0) is 50.6 Å². The van der Waals surface area contributed by atoms with Crippen molar-refractivity contribution >= 4 is 0 Å². The molecular weight excluding hydrogens is 246 g/mol. The normalized spacial score (nSPS) is 27.1. The Morgan fingerprint density at radius 2 is 1.95 bits per heavy atom. The average molecular weight is 275 g/mol. The van der Waals surface area contributed by atoms with Crippen LogP contribution in [-0.4, -0.2) is 13.2 Å². The van der Waals surface area contributed by atoms with Crippen LogP contribution in [0.2, 0.25) is 0 Å². The zero-order chi connectivity index (χ0) is 14.8. The molecule has 20 heavy (non-hydrogen) atoms. The van der Waals surface area contributed by atoms with Gasteiger partial charge in [0, 0.05) is 11.6 Å². The maximum Gasteiger partial charge on any atom is 0.124 e. The molecule has 0 saturated heterocycles. The molecule has 0 amide bonds. The molecule has 1 aliphatic carbocycles. The lowest BCUT2D eigenvalue weighted by atomic mass is 9.71. The Hall–Kier alpha value is -1.02. The zero-order valence-corrected chi connectivity index (χ0v) is 13.6. The van der Waals surface area contributed by atoms with Crippen LogP contribution in [0.3, 0.4) is 0 Å². The molecule has 2 nitrogen and oxygen atoms in total. The van der Waals surface area contributed by atoms with Crippen molar-refractivity contribution in [3.63, 3.8) is 0 Å². The predicted octanol–water partition coefficient (Wildman–Crippen LogP) is 4.56. The van der Waals surface area contributed by atoms with Crippen molar-refractivity contribution in [2.24, 2.45) is 11.3 Å². The van der Waals surface area contributed by atoms with Crippen molar-refractivity contribution in [3.05, 3.63) is 29.8 Å². The molecule has 1 aliphatic rings. The van der Waals surface area contributed by atoms with Crippen LogP contribution in [-0.2, 0) is 0 Å². The van der Waals surface area contributed by atoms with Gasteiger partial charge in [0.25, 0.3) is 0 Å². The van der Waals surface area contributed by atoms with E-state index < -0.39 is 0 Å². The molecule has 112 valence electrons. The van der Waals surface area contributed by atoms with Crippen molar-refractivity contribution in [2.45, 2.75) is 59.1 Å². The highest BCUT2D eigenvalue weighted by Crippen LogP contribution is 2.40. The monoisotopic (exact) mass is 275 g/mol. The molecule has 1 fully saturated rings. The van der Waals surface area contributed by atoms with Gasteiger partial charge in [0.15, 0.2) is 0 Å². The second-order valence-electron chi connectivity index (χ2n) is 7.20. The first-order chi connectivity index (χ1) is 9.41. The molecule has 0 aromatic heterocycles. The molecule has 0 radical (unpaired) electrons. The molecule has 3 atom stereocenters. The number of nitrogens with one attached hydrogen (secondary N) is 1. The van der Waals surface area contributed by atoms with Gasteiger partial charge < -0.3 is 10.1 Å². The van der Waals surface area contributed by atoms with E-state index >= 15 is 0 Å². The number of rotatable bonds is 4. The van der Waals surface area contributed by atoms with Crippen molar-refractivity contribution in [2.75, 3.05) is 7.05 Å². The van der Waals surface area contributed by atoms with Crippen molar-refractivity contribution in [3.8, 4) is 5.75 Å². The van der Waals surface area contributed by atoms with Crippen LogP contribution in [0.5, 0.6) is 5.75 Å². The fraction of sp³-hybridized carbons (Fsp3) is 0.667. The fourth-order valence-electron chi connectivity index (χ4n) is 3.63. The molecule has 2 heteroatoms. The Bertz CT molecular complexity index is 441. The first-order valence-corrected chi connectivity index (χ1v) is 7.84. The molecule has 2 rings (SSSR count). The van der Waals surface area contributed by atoms with Crippen LogP contribution in [0.4, 0.5) is 0 Å². The summed E-state index contributed by atoms with van der Waals surface area (Å²) in [6.07, 6.45) is 3.98. The minimum Gasteiger partial charge on any atom is -0.490 e. The second-order valence-corrected chi connectivity index (χ2v) is 7.20. The summed E-state index contributed by atoms with van der Waals surface area (Å²) in [6, 6.07) is 8.74. The summed E-state index contributed by atoms with van der Waals surface area (Å²) in [5.41, 5.74) is 1.65. The van der Waals surface area contributed by atoms with Gasteiger partial charge in [-0.1, -0.05) is 39.0 Å². The molecule has 0 bridgehead atoms. The number of hydrogen-bond acceptors (Lipinski definition) is 2. The number of ether oxygens (including phenoxy) is 1. The first-order valence-electron chi connectivity index (χ1n) is 7.84. The first kappa shape index (κ1) is 15.4. The summed E-state index contributed by atoms with van der Waals surface area (Å²) < 4.78 is 6.38. The van der Waals surface area contributed by atoms with E-state index in [0.29, 0.717) is 17.6 Å². The van der Waals surface area contributed by atoms with Crippen LogP contribution in [0.25, 0.3) is 0 Å². The third-order valence-corrected chi connectivity index (χ3v) is 4.46. The highest BCUT2D eigenvalue weighted by molar-refractivity contribution is 5.35. The van der Waals surface area contributed by atoms with Crippen molar-refractivity contribution < 1.29 is 4.74 Å². The van der Waals surface area contributed by atoms with E-state index in [-0.39, 0.29) is 0 Å². The lowest BCUT2D eigenvalue weighted by Gasteiger charge is -2.39. The van der Waals surface area contributed by atoms with Crippen LogP contribution in [0.15, 0.2) is 24.3 Å². The number of para-hydroxylation sites is 1. The molecule has 1 aromatic rings. The molecule has 1 N–H and O–H groups in total. The van der Waals surface area contributed by atoms with Gasteiger partial charge in [0.2, 0.25) is 0 Å². The van der Waals surface area contributed by atoms with E-state index in [4.69, 9.17) is 4.74 Å². The SMILES string of the molecule is CNC(C)c1ccccc1OC1CC(C)CC(C)(C)C1. The minimum atomic E-state index is 0.320. The average Bonchev–Trinajstić information content (AvgIpc) is 2.36. The summed E-state index contributed by atoms with van der Waals surface area (Å²) >= 11 is 0. The highest BCUT2D eigenvalue weighted by atomic mass is 16.5. The maximum absolute atomic E-state index is 6.38. The third kappa shape index (κ3) is 3.76. The van der Waals surface area contributed by atoms with Gasteiger partial charge in [0.1, 0.15) is 5.75 Å². The van der Waals surface area contributed by atoms with Gasteiger partial charge in [-0.25, -0.2) is 0 Å².